The first-order chi connectivity index (χ1) is 13.5. The first-order valence-electron chi connectivity index (χ1n) is 9.11. The molecule has 2 aromatic rings. The Morgan fingerprint density at radius 2 is 1.82 bits per heavy atom. The van der Waals surface area contributed by atoms with Crippen molar-refractivity contribution in [1.29, 1.82) is 0 Å². The quantitative estimate of drug-likeness (QED) is 0.326. The van der Waals surface area contributed by atoms with Crippen LogP contribution in [0.1, 0.15) is 21.5 Å². The van der Waals surface area contributed by atoms with E-state index in [0.717, 1.165) is 16.8 Å². The van der Waals surface area contributed by atoms with Crippen molar-refractivity contribution in [1.82, 2.24) is 10.4 Å². The lowest BCUT2D eigenvalue weighted by molar-refractivity contribution is -0.124. The Balaban J connectivity index is 1.69. The van der Waals surface area contributed by atoms with Crippen molar-refractivity contribution >= 4 is 29.3 Å². The number of benzene rings is 2. The fraction of sp³-hybridized carbons (Fsp3) is 0.238. The van der Waals surface area contributed by atoms with Gasteiger partial charge >= 0.3 is 0 Å². The van der Waals surface area contributed by atoms with E-state index in [4.69, 9.17) is 10.9 Å². The van der Waals surface area contributed by atoms with Gasteiger partial charge in [-0.1, -0.05) is 24.3 Å². The number of carbonyl (C=O) groups is 2. The van der Waals surface area contributed by atoms with Gasteiger partial charge in [0.1, 0.15) is 0 Å². The zero-order valence-electron chi connectivity index (χ0n) is 15.8. The Labute approximate surface area is 164 Å². The smallest absolute Gasteiger partial charge is 0.267 e. The van der Waals surface area contributed by atoms with Crippen LogP contribution in [0.3, 0.4) is 0 Å². The highest BCUT2D eigenvalue weighted by atomic mass is 16.5. The number of para-hydroxylation sites is 1. The number of hydrogen-bond donors (Lipinski definition) is 3. The average molecular weight is 380 g/mol. The van der Waals surface area contributed by atoms with E-state index in [9.17, 15) is 9.59 Å². The molecule has 28 heavy (non-hydrogen) atoms. The van der Waals surface area contributed by atoms with Crippen LogP contribution in [-0.2, 0) is 4.79 Å². The molecule has 1 heterocycles. The lowest BCUT2D eigenvalue weighted by Gasteiger charge is -2.37. The summed E-state index contributed by atoms with van der Waals surface area (Å²) in [5, 5.41) is 8.63. The summed E-state index contributed by atoms with van der Waals surface area (Å²) in [4.78, 5) is 28.0. The molecular formula is C21H24N4O3. The maximum absolute atomic E-state index is 12.8. The molecule has 2 amide bonds. The first-order valence-corrected chi connectivity index (χ1v) is 9.11. The van der Waals surface area contributed by atoms with Crippen LogP contribution in [0.15, 0.2) is 48.5 Å². The topological polar surface area (TPSA) is 98.9 Å². The zero-order chi connectivity index (χ0) is 20.1. The van der Waals surface area contributed by atoms with E-state index in [1.807, 2.05) is 48.2 Å². The molecule has 0 atom stereocenters. The molecule has 0 spiro atoms. The first kappa shape index (κ1) is 19.4. The molecule has 0 aromatic heterocycles. The molecule has 1 saturated heterocycles. The van der Waals surface area contributed by atoms with Gasteiger partial charge in [-0.3, -0.25) is 14.8 Å². The number of carbonyl (C=O) groups excluding carboxylic acids is 2. The lowest BCUT2D eigenvalue weighted by Crippen LogP contribution is -2.49. The molecule has 0 saturated carbocycles. The summed E-state index contributed by atoms with van der Waals surface area (Å²) in [6.45, 7) is 4.48. The summed E-state index contributed by atoms with van der Waals surface area (Å²) in [5.41, 5.74) is 11.6. The molecule has 146 valence electrons. The van der Waals surface area contributed by atoms with E-state index in [2.05, 4.69) is 4.90 Å². The Morgan fingerprint density at radius 3 is 2.50 bits per heavy atom. The minimum Gasteiger partial charge on any atom is -0.398 e. The highest BCUT2D eigenvalue weighted by molar-refractivity contribution is 5.95. The van der Waals surface area contributed by atoms with Gasteiger partial charge in [-0.05, 0) is 42.3 Å². The van der Waals surface area contributed by atoms with Crippen LogP contribution >= 0.6 is 0 Å². The monoisotopic (exact) mass is 380 g/mol. The number of rotatable bonds is 4. The highest BCUT2D eigenvalue weighted by Crippen LogP contribution is 2.24. The summed E-state index contributed by atoms with van der Waals surface area (Å²) in [6, 6.07) is 13.1. The van der Waals surface area contributed by atoms with E-state index in [0.29, 0.717) is 37.4 Å². The Hall–Kier alpha value is -3.32. The van der Waals surface area contributed by atoms with Gasteiger partial charge in [0.25, 0.3) is 11.8 Å². The fourth-order valence-electron chi connectivity index (χ4n) is 3.23. The zero-order valence-corrected chi connectivity index (χ0v) is 15.8. The Morgan fingerprint density at radius 1 is 1.11 bits per heavy atom. The van der Waals surface area contributed by atoms with Gasteiger partial charge in [-0.2, -0.15) is 0 Å². The second kappa shape index (κ2) is 8.58. The average Bonchev–Trinajstić information content (AvgIpc) is 2.73. The van der Waals surface area contributed by atoms with Crippen LogP contribution in [0.4, 0.5) is 11.4 Å². The van der Waals surface area contributed by atoms with Crippen molar-refractivity contribution in [2.24, 2.45) is 0 Å². The van der Waals surface area contributed by atoms with Crippen molar-refractivity contribution in [3.05, 3.63) is 65.2 Å². The van der Waals surface area contributed by atoms with Crippen molar-refractivity contribution in [3.63, 3.8) is 0 Å². The molecule has 7 heteroatoms. The largest absolute Gasteiger partial charge is 0.398 e. The number of nitrogens with zero attached hydrogens (tertiary/aromatic N) is 2. The third-order valence-corrected chi connectivity index (χ3v) is 4.89. The van der Waals surface area contributed by atoms with Crippen LogP contribution in [0, 0.1) is 6.92 Å². The lowest BCUT2D eigenvalue weighted by atomic mass is 10.1. The van der Waals surface area contributed by atoms with Gasteiger partial charge < -0.3 is 15.5 Å². The van der Waals surface area contributed by atoms with E-state index in [1.54, 1.807) is 17.6 Å². The summed E-state index contributed by atoms with van der Waals surface area (Å²) in [6.07, 6.45) is 2.94. The third-order valence-electron chi connectivity index (χ3n) is 4.89. The molecule has 2 aromatic carbocycles. The van der Waals surface area contributed by atoms with Gasteiger partial charge in [0.05, 0.1) is 0 Å². The molecule has 0 bridgehead atoms. The number of amides is 2. The van der Waals surface area contributed by atoms with Crippen LogP contribution in [0.25, 0.3) is 6.08 Å². The summed E-state index contributed by atoms with van der Waals surface area (Å²) >= 11 is 0. The summed E-state index contributed by atoms with van der Waals surface area (Å²) in [7, 11) is 0. The van der Waals surface area contributed by atoms with E-state index in [-0.39, 0.29) is 5.91 Å². The number of hydrogen-bond acceptors (Lipinski definition) is 5. The van der Waals surface area contributed by atoms with Crippen LogP contribution in [0.5, 0.6) is 0 Å². The molecule has 1 aliphatic rings. The number of nitrogens with two attached hydrogens (primary N) is 1. The molecule has 1 aliphatic heterocycles. The van der Waals surface area contributed by atoms with E-state index < -0.39 is 5.91 Å². The van der Waals surface area contributed by atoms with Crippen LogP contribution < -0.4 is 16.1 Å². The number of piperazine rings is 1. The third kappa shape index (κ3) is 4.32. The van der Waals surface area contributed by atoms with Gasteiger partial charge in [-0.25, -0.2) is 5.48 Å². The van der Waals surface area contributed by atoms with E-state index >= 15 is 0 Å². The standard InChI is InChI=1S/C21H24N4O3/c1-15-6-7-17(14-18(15)22)21(27)25-12-10-24(11-13-25)19-5-3-2-4-16(19)8-9-20(26)23-28/h2-9,14,28H,10-13,22H2,1H3,(H,23,26). The predicted molar refractivity (Wildman–Crippen MR) is 109 cm³/mol. The number of aryl methyl sites for hydroxylation is 1. The fourth-order valence-corrected chi connectivity index (χ4v) is 3.23. The maximum atomic E-state index is 12.8. The van der Waals surface area contributed by atoms with Crippen LogP contribution in [-0.4, -0.2) is 48.1 Å². The molecular weight excluding hydrogens is 356 g/mol. The van der Waals surface area contributed by atoms with Crippen LogP contribution in [0.2, 0.25) is 0 Å². The van der Waals surface area contributed by atoms with Crippen molar-refractivity contribution in [3.8, 4) is 0 Å². The van der Waals surface area contributed by atoms with E-state index in [1.165, 1.54) is 6.08 Å². The Bertz CT molecular complexity index is 902. The molecule has 7 nitrogen and oxygen atoms in total. The van der Waals surface area contributed by atoms with Crippen molar-refractivity contribution in [2.45, 2.75) is 6.92 Å². The summed E-state index contributed by atoms with van der Waals surface area (Å²) < 4.78 is 0. The maximum Gasteiger partial charge on any atom is 0.267 e. The molecule has 3 rings (SSSR count). The predicted octanol–water partition coefficient (Wildman–Crippen LogP) is 2.06. The Kier molecular flexibility index (Phi) is 5.96. The molecule has 0 radical (unpaired) electrons. The highest BCUT2D eigenvalue weighted by Gasteiger charge is 2.23. The van der Waals surface area contributed by atoms with Gasteiger partial charge in [0, 0.05) is 49.2 Å². The van der Waals surface area contributed by atoms with Gasteiger partial charge in [-0.15, -0.1) is 0 Å². The second-order valence-electron chi connectivity index (χ2n) is 6.72. The van der Waals surface area contributed by atoms with Gasteiger partial charge in [0.15, 0.2) is 0 Å². The molecule has 0 unspecified atom stereocenters. The summed E-state index contributed by atoms with van der Waals surface area (Å²) in [5.74, 6) is -0.596. The normalized spacial score (nSPS) is 14.4. The minimum atomic E-state index is -0.581. The number of nitrogens with one attached hydrogen (secondary N) is 1. The van der Waals surface area contributed by atoms with Crippen molar-refractivity contribution < 1.29 is 14.8 Å². The molecule has 0 aliphatic carbocycles. The number of nitrogen functional groups attached to an aromatic ring is 1. The minimum absolute atomic E-state index is 0.0147. The molecule has 4 N–H and O–H groups in total. The number of anilines is 2. The second-order valence-corrected chi connectivity index (χ2v) is 6.72. The van der Waals surface area contributed by atoms with Crippen molar-refractivity contribution in [2.75, 3.05) is 36.8 Å². The SMILES string of the molecule is Cc1ccc(C(=O)N2CCN(c3ccccc3C=CC(=O)NO)CC2)cc1N. The number of hydroxylamine groups is 1. The molecule has 1 fully saturated rings. The van der Waals surface area contributed by atoms with Gasteiger partial charge in [0.2, 0.25) is 0 Å².